The van der Waals surface area contributed by atoms with E-state index in [2.05, 4.69) is 0 Å². The van der Waals surface area contributed by atoms with E-state index in [1.54, 1.807) is 31.5 Å². The zero-order chi connectivity index (χ0) is 13.8. The molecule has 0 aliphatic carbocycles. The smallest absolute Gasteiger partial charge is 0.257 e. The lowest BCUT2D eigenvalue weighted by atomic mass is 10.1. The summed E-state index contributed by atoms with van der Waals surface area (Å²) in [7, 11) is 3.15. The molecule has 19 heavy (non-hydrogen) atoms. The van der Waals surface area contributed by atoms with Crippen LogP contribution in [-0.4, -0.2) is 30.1 Å². The summed E-state index contributed by atoms with van der Waals surface area (Å²) in [5, 5.41) is 9.82. The Balaban J connectivity index is 2.14. The number of rotatable bonds is 4. The van der Waals surface area contributed by atoms with Crippen LogP contribution < -0.4 is 4.74 Å². The van der Waals surface area contributed by atoms with Crippen LogP contribution in [0.25, 0.3) is 0 Å². The van der Waals surface area contributed by atoms with Crippen molar-refractivity contribution in [1.82, 2.24) is 4.90 Å². The van der Waals surface area contributed by atoms with E-state index in [-0.39, 0.29) is 17.2 Å². The van der Waals surface area contributed by atoms with Crippen LogP contribution in [0.2, 0.25) is 0 Å². The lowest BCUT2D eigenvalue weighted by Crippen LogP contribution is -2.26. The largest absolute Gasteiger partial charge is 0.507 e. The fourth-order valence-electron chi connectivity index (χ4n) is 1.73. The van der Waals surface area contributed by atoms with Crippen molar-refractivity contribution in [3.8, 4) is 11.5 Å². The summed E-state index contributed by atoms with van der Waals surface area (Å²) in [6.07, 6.45) is 1.55. The van der Waals surface area contributed by atoms with Gasteiger partial charge in [0.15, 0.2) is 0 Å². The fraction of sp³-hybridized carbons (Fsp3) is 0.214. The normalized spacial score (nSPS) is 10.2. The number of methoxy groups -OCH3 is 1. The highest BCUT2D eigenvalue weighted by atomic mass is 16.5. The van der Waals surface area contributed by atoms with Crippen molar-refractivity contribution >= 4 is 5.91 Å². The maximum absolute atomic E-state index is 12.2. The van der Waals surface area contributed by atoms with Crippen LogP contribution in [0.4, 0.5) is 0 Å². The predicted molar refractivity (Wildman–Crippen MR) is 69.2 cm³/mol. The molecule has 0 atom stereocenters. The standard InChI is InChI=1S/C14H15NO4/c1-15(9-11-4-3-7-19-11)14(17)12-6-5-10(18-2)8-13(12)16/h3-8,16H,9H2,1-2H3. The Morgan fingerprint density at radius 3 is 2.79 bits per heavy atom. The van der Waals surface area contributed by atoms with Crippen molar-refractivity contribution in [2.75, 3.05) is 14.2 Å². The summed E-state index contributed by atoms with van der Waals surface area (Å²) in [6, 6.07) is 8.13. The highest BCUT2D eigenvalue weighted by Gasteiger charge is 2.17. The van der Waals surface area contributed by atoms with Gasteiger partial charge in [-0.2, -0.15) is 0 Å². The number of benzene rings is 1. The molecule has 0 unspecified atom stereocenters. The minimum absolute atomic E-state index is 0.101. The lowest BCUT2D eigenvalue weighted by Gasteiger charge is -2.16. The molecular weight excluding hydrogens is 246 g/mol. The Labute approximate surface area is 111 Å². The van der Waals surface area contributed by atoms with Gasteiger partial charge in [0, 0.05) is 13.1 Å². The van der Waals surface area contributed by atoms with E-state index in [1.807, 2.05) is 0 Å². The first-order valence-electron chi connectivity index (χ1n) is 5.76. The van der Waals surface area contributed by atoms with Gasteiger partial charge in [-0.05, 0) is 24.3 Å². The zero-order valence-electron chi connectivity index (χ0n) is 10.8. The molecule has 1 aromatic heterocycles. The molecule has 1 N–H and O–H groups in total. The number of carbonyl (C=O) groups excluding carboxylic acids is 1. The van der Waals surface area contributed by atoms with Crippen LogP contribution >= 0.6 is 0 Å². The molecule has 0 fully saturated rings. The first-order chi connectivity index (χ1) is 9.11. The third-order valence-electron chi connectivity index (χ3n) is 2.76. The summed E-state index contributed by atoms with van der Waals surface area (Å²) in [6.45, 7) is 0.345. The summed E-state index contributed by atoms with van der Waals surface area (Å²) < 4.78 is 10.2. The van der Waals surface area contributed by atoms with Gasteiger partial charge in [-0.1, -0.05) is 0 Å². The van der Waals surface area contributed by atoms with Gasteiger partial charge in [-0.15, -0.1) is 0 Å². The predicted octanol–water partition coefficient (Wildman–Crippen LogP) is 2.27. The molecule has 1 heterocycles. The highest BCUT2D eigenvalue weighted by molar-refractivity contribution is 5.96. The molecular formula is C14H15NO4. The number of aromatic hydroxyl groups is 1. The van der Waals surface area contributed by atoms with Crippen molar-refractivity contribution < 1.29 is 19.1 Å². The van der Waals surface area contributed by atoms with Gasteiger partial charge in [-0.3, -0.25) is 4.79 Å². The average molecular weight is 261 g/mol. The van der Waals surface area contributed by atoms with Crippen LogP contribution in [-0.2, 0) is 6.54 Å². The monoisotopic (exact) mass is 261 g/mol. The molecule has 0 saturated heterocycles. The minimum Gasteiger partial charge on any atom is -0.507 e. The Kier molecular flexibility index (Phi) is 3.75. The summed E-state index contributed by atoms with van der Waals surface area (Å²) in [5.74, 6) is 0.804. The number of furan rings is 1. The third kappa shape index (κ3) is 2.88. The summed E-state index contributed by atoms with van der Waals surface area (Å²) in [5.41, 5.74) is 0.231. The number of phenols is 1. The van der Waals surface area contributed by atoms with Crippen LogP contribution in [0, 0.1) is 0 Å². The number of nitrogens with zero attached hydrogens (tertiary/aromatic N) is 1. The van der Waals surface area contributed by atoms with Gasteiger partial charge in [0.05, 0.1) is 25.5 Å². The van der Waals surface area contributed by atoms with E-state index in [4.69, 9.17) is 9.15 Å². The quantitative estimate of drug-likeness (QED) is 0.917. The number of amides is 1. The minimum atomic E-state index is -0.281. The van der Waals surface area contributed by atoms with E-state index >= 15 is 0 Å². The second kappa shape index (κ2) is 5.48. The van der Waals surface area contributed by atoms with E-state index in [0.717, 1.165) is 0 Å². The van der Waals surface area contributed by atoms with Crippen molar-refractivity contribution in [2.45, 2.75) is 6.54 Å². The SMILES string of the molecule is COc1ccc(C(=O)N(C)Cc2ccco2)c(O)c1. The van der Waals surface area contributed by atoms with Gasteiger partial charge in [-0.25, -0.2) is 0 Å². The number of hydrogen-bond donors (Lipinski definition) is 1. The summed E-state index contributed by atoms with van der Waals surface area (Å²) in [4.78, 5) is 13.6. The molecule has 100 valence electrons. The molecule has 5 nitrogen and oxygen atoms in total. The first-order valence-corrected chi connectivity index (χ1v) is 5.76. The van der Waals surface area contributed by atoms with Crippen LogP contribution in [0.15, 0.2) is 41.0 Å². The third-order valence-corrected chi connectivity index (χ3v) is 2.76. The maximum Gasteiger partial charge on any atom is 0.257 e. The molecule has 2 aromatic rings. The Morgan fingerprint density at radius 2 is 2.21 bits per heavy atom. The number of phenolic OH excluding ortho intramolecular Hbond substituents is 1. The van der Waals surface area contributed by atoms with Crippen molar-refractivity contribution in [1.29, 1.82) is 0 Å². The first kappa shape index (κ1) is 13.0. The van der Waals surface area contributed by atoms with Gasteiger partial charge in [0.1, 0.15) is 17.3 Å². The number of carbonyl (C=O) groups is 1. The molecule has 5 heteroatoms. The molecule has 2 rings (SSSR count). The Bertz CT molecular complexity index is 563. The Hall–Kier alpha value is -2.43. The molecule has 0 aliphatic heterocycles. The number of hydrogen-bond acceptors (Lipinski definition) is 4. The van der Waals surface area contributed by atoms with Gasteiger partial charge < -0.3 is 19.2 Å². The van der Waals surface area contributed by atoms with Crippen LogP contribution in [0.5, 0.6) is 11.5 Å². The van der Waals surface area contributed by atoms with Crippen molar-refractivity contribution in [2.24, 2.45) is 0 Å². The molecule has 1 aromatic carbocycles. The Morgan fingerprint density at radius 1 is 1.42 bits per heavy atom. The van der Waals surface area contributed by atoms with Crippen molar-refractivity contribution in [3.63, 3.8) is 0 Å². The topological polar surface area (TPSA) is 62.9 Å². The molecule has 0 aliphatic rings. The van der Waals surface area contributed by atoms with E-state index < -0.39 is 0 Å². The van der Waals surface area contributed by atoms with E-state index in [0.29, 0.717) is 18.1 Å². The zero-order valence-corrected chi connectivity index (χ0v) is 10.8. The molecule has 0 radical (unpaired) electrons. The number of ether oxygens (including phenoxy) is 1. The second-order valence-electron chi connectivity index (χ2n) is 4.12. The fourth-order valence-corrected chi connectivity index (χ4v) is 1.73. The second-order valence-corrected chi connectivity index (χ2v) is 4.12. The average Bonchev–Trinajstić information content (AvgIpc) is 2.90. The summed E-state index contributed by atoms with van der Waals surface area (Å²) >= 11 is 0. The molecule has 0 bridgehead atoms. The van der Waals surface area contributed by atoms with E-state index in [9.17, 15) is 9.90 Å². The lowest BCUT2D eigenvalue weighted by molar-refractivity contribution is 0.0772. The van der Waals surface area contributed by atoms with Gasteiger partial charge >= 0.3 is 0 Å². The van der Waals surface area contributed by atoms with E-state index in [1.165, 1.54) is 24.1 Å². The van der Waals surface area contributed by atoms with Gasteiger partial charge in [0.25, 0.3) is 5.91 Å². The molecule has 1 amide bonds. The highest BCUT2D eigenvalue weighted by Crippen LogP contribution is 2.24. The van der Waals surface area contributed by atoms with Crippen LogP contribution in [0.3, 0.4) is 0 Å². The van der Waals surface area contributed by atoms with Crippen molar-refractivity contribution in [3.05, 3.63) is 47.9 Å². The van der Waals surface area contributed by atoms with Gasteiger partial charge in [0.2, 0.25) is 0 Å². The molecule has 0 saturated carbocycles. The van der Waals surface area contributed by atoms with Crippen LogP contribution in [0.1, 0.15) is 16.1 Å². The maximum atomic E-state index is 12.2. The molecule has 0 spiro atoms.